The molecule has 1 fully saturated rings. The number of ether oxygens (including phenoxy) is 1. The van der Waals surface area contributed by atoms with Crippen molar-refractivity contribution in [3.8, 4) is 5.75 Å². The van der Waals surface area contributed by atoms with Crippen LogP contribution in [0.1, 0.15) is 43.6 Å². The van der Waals surface area contributed by atoms with E-state index >= 15 is 0 Å². The minimum atomic E-state index is -0.719. The van der Waals surface area contributed by atoms with E-state index in [4.69, 9.17) is 4.74 Å². The lowest BCUT2D eigenvalue weighted by atomic mass is 9.73. The first-order valence-electron chi connectivity index (χ1n) is 7.23. The molecule has 0 aromatic heterocycles. The van der Waals surface area contributed by atoms with E-state index in [1.165, 1.54) is 6.42 Å². The molecule has 1 aliphatic rings. The van der Waals surface area contributed by atoms with Gasteiger partial charge in [0.1, 0.15) is 5.75 Å². The van der Waals surface area contributed by atoms with Crippen molar-refractivity contribution in [3.63, 3.8) is 0 Å². The fourth-order valence-corrected chi connectivity index (χ4v) is 3.13. The molecule has 0 heterocycles. The minimum Gasteiger partial charge on any atom is -0.497 e. The third kappa shape index (κ3) is 3.31. The Kier molecular flexibility index (Phi) is 5.01. The van der Waals surface area contributed by atoms with E-state index in [-0.39, 0.29) is 5.92 Å². The lowest BCUT2D eigenvalue weighted by molar-refractivity contribution is -0.110. The van der Waals surface area contributed by atoms with Crippen LogP contribution in [-0.2, 0) is 4.79 Å². The van der Waals surface area contributed by atoms with Crippen LogP contribution in [0.15, 0.2) is 24.3 Å². The van der Waals surface area contributed by atoms with E-state index in [1.807, 2.05) is 24.3 Å². The Morgan fingerprint density at radius 3 is 2.50 bits per heavy atom. The summed E-state index contributed by atoms with van der Waals surface area (Å²) in [4.78, 5) is 10.6. The van der Waals surface area contributed by atoms with Crippen molar-refractivity contribution in [1.82, 2.24) is 5.32 Å². The van der Waals surface area contributed by atoms with Crippen molar-refractivity contribution in [1.29, 1.82) is 0 Å². The van der Waals surface area contributed by atoms with Crippen LogP contribution in [-0.4, -0.2) is 30.8 Å². The number of aliphatic hydroxyl groups is 1. The summed E-state index contributed by atoms with van der Waals surface area (Å²) >= 11 is 0. The van der Waals surface area contributed by atoms with E-state index in [9.17, 15) is 9.90 Å². The summed E-state index contributed by atoms with van der Waals surface area (Å²) < 4.78 is 5.17. The van der Waals surface area contributed by atoms with Crippen LogP contribution >= 0.6 is 0 Å². The third-order valence-electron chi connectivity index (χ3n) is 4.29. The van der Waals surface area contributed by atoms with Crippen LogP contribution in [0.25, 0.3) is 0 Å². The fraction of sp³-hybridized carbons (Fsp3) is 0.562. The minimum absolute atomic E-state index is 0.0705. The molecule has 2 rings (SSSR count). The summed E-state index contributed by atoms with van der Waals surface area (Å²) in [7, 11) is 1.63. The van der Waals surface area contributed by atoms with Crippen molar-refractivity contribution in [2.45, 2.75) is 43.6 Å². The molecule has 2 N–H and O–H groups in total. The van der Waals surface area contributed by atoms with Gasteiger partial charge in [-0.1, -0.05) is 31.4 Å². The van der Waals surface area contributed by atoms with Gasteiger partial charge in [0, 0.05) is 12.5 Å². The van der Waals surface area contributed by atoms with Crippen molar-refractivity contribution in [3.05, 3.63) is 29.8 Å². The summed E-state index contributed by atoms with van der Waals surface area (Å²) in [5, 5.41) is 13.7. The van der Waals surface area contributed by atoms with Crippen LogP contribution in [0.3, 0.4) is 0 Å². The Labute approximate surface area is 120 Å². The highest BCUT2D eigenvalue weighted by molar-refractivity contribution is 5.46. The van der Waals surface area contributed by atoms with Gasteiger partial charge in [-0.05, 0) is 30.5 Å². The second-order valence-corrected chi connectivity index (χ2v) is 5.52. The number of nitrogens with one attached hydrogen (secondary N) is 1. The maximum atomic E-state index is 11.0. The van der Waals surface area contributed by atoms with Crippen LogP contribution in [0.4, 0.5) is 0 Å². The van der Waals surface area contributed by atoms with Gasteiger partial charge >= 0.3 is 0 Å². The molecular formula is C16H23NO3. The lowest BCUT2D eigenvalue weighted by Gasteiger charge is -2.39. The normalized spacial score (nSPS) is 19.1. The van der Waals surface area contributed by atoms with Gasteiger partial charge in [-0.2, -0.15) is 0 Å². The molecule has 0 aliphatic heterocycles. The molecule has 1 saturated carbocycles. The second-order valence-electron chi connectivity index (χ2n) is 5.52. The Balaban J connectivity index is 2.22. The molecule has 0 saturated heterocycles. The molecule has 1 amide bonds. The molecule has 0 unspecified atom stereocenters. The van der Waals surface area contributed by atoms with Crippen molar-refractivity contribution in [2.24, 2.45) is 0 Å². The first-order valence-corrected chi connectivity index (χ1v) is 7.23. The van der Waals surface area contributed by atoms with Gasteiger partial charge in [0.2, 0.25) is 6.41 Å². The second kappa shape index (κ2) is 6.75. The van der Waals surface area contributed by atoms with Gasteiger partial charge in [-0.15, -0.1) is 0 Å². The molecule has 0 bridgehead atoms. The number of benzene rings is 1. The molecule has 1 atom stereocenters. The number of carbonyl (C=O) groups excluding carboxylic acids is 1. The Bertz CT molecular complexity index is 424. The molecule has 4 nitrogen and oxygen atoms in total. The smallest absolute Gasteiger partial charge is 0.207 e. The van der Waals surface area contributed by atoms with Gasteiger partial charge in [0.25, 0.3) is 0 Å². The lowest BCUT2D eigenvalue weighted by Crippen LogP contribution is -2.42. The first kappa shape index (κ1) is 14.9. The predicted octanol–water partition coefficient (Wildman–Crippen LogP) is 2.22. The van der Waals surface area contributed by atoms with Gasteiger partial charge in [0.15, 0.2) is 0 Å². The van der Waals surface area contributed by atoms with Gasteiger partial charge < -0.3 is 15.2 Å². The highest BCUT2D eigenvalue weighted by atomic mass is 16.5. The summed E-state index contributed by atoms with van der Waals surface area (Å²) in [5.41, 5.74) is 0.326. The number of hydrogen-bond donors (Lipinski definition) is 2. The van der Waals surface area contributed by atoms with E-state index in [0.29, 0.717) is 13.0 Å². The standard InChI is InChI=1S/C16H23NO3/c1-20-14-7-5-13(6-8-14)15(11-17-12-18)16(19)9-3-2-4-10-16/h5-8,12,15,19H,2-4,9-11H2,1H3,(H,17,18)/t15-/m1/s1. The zero-order valence-electron chi connectivity index (χ0n) is 12.0. The average Bonchev–Trinajstić information content (AvgIpc) is 2.49. The molecule has 4 heteroatoms. The molecule has 1 aliphatic carbocycles. The topological polar surface area (TPSA) is 58.6 Å². The maximum absolute atomic E-state index is 11.0. The highest BCUT2D eigenvalue weighted by Crippen LogP contribution is 2.39. The molecule has 0 radical (unpaired) electrons. The maximum Gasteiger partial charge on any atom is 0.207 e. The average molecular weight is 277 g/mol. The molecule has 1 aromatic rings. The van der Waals surface area contributed by atoms with Crippen molar-refractivity contribution >= 4 is 6.41 Å². The molecule has 20 heavy (non-hydrogen) atoms. The van der Waals surface area contributed by atoms with E-state index < -0.39 is 5.60 Å². The summed E-state index contributed by atoms with van der Waals surface area (Å²) in [6.07, 6.45) is 5.56. The Morgan fingerprint density at radius 1 is 1.30 bits per heavy atom. The molecule has 110 valence electrons. The Morgan fingerprint density at radius 2 is 1.95 bits per heavy atom. The zero-order valence-corrected chi connectivity index (χ0v) is 12.0. The van der Waals surface area contributed by atoms with E-state index in [1.54, 1.807) is 7.11 Å². The highest BCUT2D eigenvalue weighted by Gasteiger charge is 2.38. The van der Waals surface area contributed by atoms with E-state index in [2.05, 4.69) is 5.32 Å². The van der Waals surface area contributed by atoms with Crippen LogP contribution < -0.4 is 10.1 Å². The van der Waals surface area contributed by atoms with Gasteiger partial charge in [0.05, 0.1) is 12.7 Å². The van der Waals surface area contributed by atoms with Gasteiger partial charge in [-0.3, -0.25) is 4.79 Å². The number of rotatable bonds is 6. The molecular weight excluding hydrogens is 254 g/mol. The monoisotopic (exact) mass is 277 g/mol. The zero-order chi connectivity index (χ0) is 14.4. The quantitative estimate of drug-likeness (QED) is 0.784. The number of carbonyl (C=O) groups is 1. The van der Waals surface area contributed by atoms with Crippen LogP contribution in [0.5, 0.6) is 5.75 Å². The first-order chi connectivity index (χ1) is 9.69. The number of amides is 1. The predicted molar refractivity (Wildman–Crippen MR) is 77.8 cm³/mol. The summed E-state index contributed by atoms with van der Waals surface area (Å²) in [6, 6.07) is 7.75. The SMILES string of the molecule is COc1ccc([C@@H](CNC=O)C2(O)CCCCC2)cc1. The Hall–Kier alpha value is -1.55. The third-order valence-corrected chi connectivity index (χ3v) is 4.29. The summed E-state index contributed by atoms with van der Waals surface area (Å²) in [6.45, 7) is 0.465. The van der Waals surface area contributed by atoms with Crippen molar-refractivity contribution < 1.29 is 14.6 Å². The molecule has 0 spiro atoms. The van der Waals surface area contributed by atoms with Crippen LogP contribution in [0.2, 0.25) is 0 Å². The van der Waals surface area contributed by atoms with Crippen LogP contribution in [0, 0.1) is 0 Å². The summed E-state index contributed by atoms with van der Waals surface area (Å²) in [5.74, 6) is 0.727. The van der Waals surface area contributed by atoms with Gasteiger partial charge in [-0.25, -0.2) is 0 Å². The molecule has 1 aromatic carbocycles. The largest absolute Gasteiger partial charge is 0.497 e. The van der Waals surface area contributed by atoms with Crippen molar-refractivity contribution in [2.75, 3.05) is 13.7 Å². The van der Waals surface area contributed by atoms with E-state index in [0.717, 1.165) is 37.0 Å². The number of methoxy groups -OCH3 is 1. The fourth-order valence-electron chi connectivity index (χ4n) is 3.13. The number of hydrogen-bond acceptors (Lipinski definition) is 3.